The van der Waals surface area contributed by atoms with Gasteiger partial charge in [0.2, 0.25) is 0 Å². The van der Waals surface area contributed by atoms with E-state index in [2.05, 4.69) is 27.4 Å². The summed E-state index contributed by atoms with van der Waals surface area (Å²) in [4.78, 5) is 15.3. The first kappa shape index (κ1) is 19.5. The van der Waals surface area contributed by atoms with Crippen molar-refractivity contribution in [3.63, 3.8) is 0 Å². The first-order chi connectivity index (χ1) is 14.1. The Morgan fingerprint density at radius 2 is 1.59 bits per heavy atom. The van der Waals surface area contributed by atoms with Crippen molar-refractivity contribution >= 4 is 28.9 Å². The van der Waals surface area contributed by atoms with Gasteiger partial charge in [-0.3, -0.25) is 4.79 Å². The van der Waals surface area contributed by atoms with Crippen LogP contribution in [0.25, 0.3) is 5.69 Å². The third-order valence-corrected chi connectivity index (χ3v) is 5.68. The van der Waals surface area contributed by atoms with Gasteiger partial charge in [-0.15, -0.1) is 0 Å². The lowest BCUT2D eigenvalue weighted by Crippen LogP contribution is -2.23. The van der Waals surface area contributed by atoms with Gasteiger partial charge in [0.15, 0.2) is 0 Å². The molecule has 4 rings (SSSR count). The Morgan fingerprint density at radius 1 is 0.931 bits per heavy atom. The summed E-state index contributed by atoms with van der Waals surface area (Å²) >= 11 is 6.50. The molecule has 1 aliphatic heterocycles. The molecule has 1 saturated heterocycles. The Kier molecular flexibility index (Phi) is 5.86. The third-order valence-electron chi connectivity index (χ3n) is 5.33. The predicted octanol–water partition coefficient (Wildman–Crippen LogP) is 5.47. The number of carbonyl (C=O) groups is 1. The van der Waals surface area contributed by atoms with E-state index in [0.717, 1.165) is 24.5 Å². The van der Waals surface area contributed by atoms with E-state index in [-0.39, 0.29) is 5.91 Å². The van der Waals surface area contributed by atoms with E-state index >= 15 is 0 Å². The van der Waals surface area contributed by atoms with Crippen molar-refractivity contribution in [1.82, 2.24) is 9.78 Å². The smallest absolute Gasteiger partial charge is 0.260 e. The van der Waals surface area contributed by atoms with Crippen molar-refractivity contribution < 1.29 is 4.79 Å². The zero-order valence-electron chi connectivity index (χ0n) is 16.6. The monoisotopic (exact) mass is 408 g/mol. The number of amides is 1. The van der Waals surface area contributed by atoms with Gasteiger partial charge in [0.05, 0.1) is 11.4 Å². The van der Waals surface area contributed by atoms with Gasteiger partial charge in [0, 0.05) is 24.5 Å². The summed E-state index contributed by atoms with van der Waals surface area (Å²) in [5.74, 6) is -0.253. The lowest BCUT2D eigenvalue weighted by molar-refractivity contribution is 0.102. The van der Waals surface area contributed by atoms with E-state index in [1.54, 1.807) is 11.6 Å². The van der Waals surface area contributed by atoms with Crippen molar-refractivity contribution in [1.29, 1.82) is 0 Å². The van der Waals surface area contributed by atoms with Crippen LogP contribution in [0.5, 0.6) is 0 Å². The number of aromatic nitrogens is 2. The normalized spacial score (nSPS) is 14.5. The first-order valence-corrected chi connectivity index (χ1v) is 10.5. The number of nitrogens with zero attached hydrogens (tertiary/aromatic N) is 3. The SMILES string of the molecule is Cc1nn(-c2ccccc2)c(Cl)c1C(=O)Nc1ccc(N2CCCCCC2)cc1. The summed E-state index contributed by atoms with van der Waals surface area (Å²) in [6.07, 6.45) is 5.09. The van der Waals surface area contributed by atoms with E-state index < -0.39 is 0 Å². The van der Waals surface area contributed by atoms with Gasteiger partial charge in [0.1, 0.15) is 10.7 Å². The van der Waals surface area contributed by atoms with Crippen LogP contribution in [0.4, 0.5) is 11.4 Å². The zero-order chi connectivity index (χ0) is 20.2. The number of benzene rings is 2. The minimum absolute atomic E-state index is 0.253. The summed E-state index contributed by atoms with van der Waals surface area (Å²) in [6, 6.07) is 17.6. The summed E-state index contributed by atoms with van der Waals surface area (Å²) in [5.41, 5.74) is 3.76. The molecule has 0 radical (unpaired) electrons. The molecule has 0 unspecified atom stereocenters. The molecule has 1 aromatic heterocycles. The van der Waals surface area contributed by atoms with Crippen molar-refractivity contribution in [2.45, 2.75) is 32.6 Å². The van der Waals surface area contributed by atoms with Crippen LogP contribution in [0.3, 0.4) is 0 Å². The van der Waals surface area contributed by atoms with Crippen molar-refractivity contribution in [2.24, 2.45) is 0 Å². The van der Waals surface area contributed by atoms with Crippen LogP contribution in [0.2, 0.25) is 5.15 Å². The number of para-hydroxylation sites is 1. The van der Waals surface area contributed by atoms with E-state index in [0.29, 0.717) is 16.4 Å². The molecular formula is C23H25ClN4O. The maximum atomic E-state index is 12.9. The number of rotatable bonds is 4. The van der Waals surface area contributed by atoms with Gasteiger partial charge in [-0.05, 0) is 56.2 Å². The van der Waals surface area contributed by atoms with Crippen LogP contribution in [0.1, 0.15) is 41.7 Å². The largest absolute Gasteiger partial charge is 0.372 e. The second-order valence-corrected chi connectivity index (χ2v) is 7.76. The summed E-state index contributed by atoms with van der Waals surface area (Å²) in [7, 11) is 0. The van der Waals surface area contributed by atoms with Crippen molar-refractivity contribution in [3.8, 4) is 5.69 Å². The molecule has 1 N–H and O–H groups in total. The number of carbonyl (C=O) groups excluding carboxylic acids is 1. The fourth-order valence-corrected chi connectivity index (χ4v) is 4.13. The first-order valence-electron chi connectivity index (χ1n) is 10.1. The molecule has 1 amide bonds. The van der Waals surface area contributed by atoms with Gasteiger partial charge in [-0.25, -0.2) is 4.68 Å². The summed E-state index contributed by atoms with van der Waals surface area (Å²) in [5, 5.41) is 7.71. The van der Waals surface area contributed by atoms with E-state index in [1.165, 1.54) is 31.4 Å². The molecular weight excluding hydrogens is 384 g/mol. The van der Waals surface area contributed by atoms with Crippen molar-refractivity contribution in [2.75, 3.05) is 23.3 Å². The van der Waals surface area contributed by atoms with Gasteiger partial charge in [0.25, 0.3) is 5.91 Å². The van der Waals surface area contributed by atoms with E-state index in [1.807, 2.05) is 42.5 Å². The van der Waals surface area contributed by atoms with E-state index in [4.69, 9.17) is 11.6 Å². The minimum Gasteiger partial charge on any atom is -0.372 e. The average Bonchev–Trinajstić information content (AvgIpc) is 2.91. The summed E-state index contributed by atoms with van der Waals surface area (Å²) in [6.45, 7) is 3.99. The maximum Gasteiger partial charge on any atom is 0.260 e. The highest BCUT2D eigenvalue weighted by atomic mass is 35.5. The number of anilines is 2. The molecule has 0 saturated carbocycles. The number of hydrogen-bond donors (Lipinski definition) is 1. The molecule has 0 spiro atoms. The Labute approximate surface area is 176 Å². The molecule has 29 heavy (non-hydrogen) atoms. The molecule has 2 heterocycles. The second kappa shape index (κ2) is 8.70. The van der Waals surface area contributed by atoms with Crippen LogP contribution in [0.15, 0.2) is 54.6 Å². The average molecular weight is 409 g/mol. The Hall–Kier alpha value is -2.79. The molecule has 0 aliphatic carbocycles. The van der Waals surface area contributed by atoms with Crippen LogP contribution >= 0.6 is 11.6 Å². The predicted molar refractivity (Wildman–Crippen MR) is 118 cm³/mol. The number of hydrogen-bond acceptors (Lipinski definition) is 3. The highest BCUT2D eigenvalue weighted by Crippen LogP contribution is 2.26. The number of halogens is 1. The van der Waals surface area contributed by atoms with Gasteiger partial charge < -0.3 is 10.2 Å². The lowest BCUT2D eigenvalue weighted by atomic mass is 10.2. The zero-order valence-corrected chi connectivity index (χ0v) is 17.3. The molecule has 1 fully saturated rings. The summed E-state index contributed by atoms with van der Waals surface area (Å²) < 4.78 is 1.59. The topological polar surface area (TPSA) is 50.2 Å². The van der Waals surface area contributed by atoms with Crippen molar-refractivity contribution in [3.05, 3.63) is 71.0 Å². The minimum atomic E-state index is -0.253. The quantitative estimate of drug-likeness (QED) is 0.623. The van der Waals surface area contributed by atoms with Crippen LogP contribution < -0.4 is 10.2 Å². The van der Waals surface area contributed by atoms with Crippen LogP contribution in [0, 0.1) is 6.92 Å². The molecule has 3 aromatic rings. The van der Waals surface area contributed by atoms with E-state index in [9.17, 15) is 4.79 Å². The molecule has 150 valence electrons. The molecule has 0 bridgehead atoms. The Bertz CT molecular complexity index is 974. The number of aryl methyl sites for hydroxylation is 1. The fraction of sp³-hybridized carbons (Fsp3) is 0.304. The van der Waals surface area contributed by atoms with Crippen LogP contribution in [-0.4, -0.2) is 28.8 Å². The highest BCUT2D eigenvalue weighted by molar-refractivity contribution is 6.34. The molecule has 2 aromatic carbocycles. The van der Waals surface area contributed by atoms with Gasteiger partial charge >= 0.3 is 0 Å². The Morgan fingerprint density at radius 3 is 2.24 bits per heavy atom. The second-order valence-electron chi connectivity index (χ2n) is 7.40. The molecule has 0 atom stereocenters. The van der Waals surface area contributed by atoms with Gasteiger partial charge in [-0.2, -0.15) is 5.10 Å². The third kappa shape index (κ3) is 4.30. The fourth-order valence-electron chi connectivity index (χ4n) is 3.78. The highest BCUT2D eigenvalue weighted by Gasteiger charge is 2.21. The molecule has 6 heteroatoms. The molecule has 1 aliphatic rings. The maximum absolute atomic E-state index is 12.9. The van der Waals surface area contributed by atoms with Gasteiger partial charge in [-0.1, -0.05) is 42.6 Å². The standard InChI is InChI=1S/C23H25ClN4O/c1-17-21(22(24)28(26-17)20-9-5-4-6-10-20)23(29)25-18-11-13-19(14-12-18)27-15-7-2-3-8-16-27/h4-6,9-14H,2-3,7-8,15-16H2,1H3,(H,25,29). The number of nitrogens with one attached hydrogen (secondary N) is 1. The Balaban J connectivity index is 1.50. The molecule has 5 nitrogen and oxygen atoms in total. The van der Waals surface area contributed by atoms with Crippen LogP contribution in [-0.2, 0) is 0 Å². The lowest BCUT2D eigenvalue weighted by Gasteiger charge is -2.22.